The van der Waals surface area contributed by atoms with Gasteiger partial charge in [0, 0.05) is 52.2 Å². The third kappa shape index (κ3) is 17.9. The number of nitrogens with one attached hydrogen (secondary N) is 3. The number of carbonyl (C=O) groups is 4. The molecule has 0 aliphatic carbocycles. The first-order valence-corrected chi connectivity index (χ1v) is 22.6. The van der Waals surface area contributed by atoms with Crippen LogP contribution >= 0.6 is 0 Å². The molecule has 0 aliphatic rings. The number of hydrogen-bond donors (Lipinski definition) is 3. The van der Waals surface area contributed by atoms with Crippen LogP contribution in [0.2, 0.25) is 13.1 Å². The summed E-state index contributed by atoms with van der Waals surface area (Å²) in [6.45, 7) is 27.0. The molecule has 1 aromatic rings. The van der Waals surface area contributed by atoms with Gasteiger partial charge in [0.05, 0.1) is 12.2 Å². The van der Waals surface area contributed by atoms with Crippen molar-refractivity contribution in [3.63, 3.8) is 0 Å². The zero-order valence-corrected chi connectivity index (χ0v) is 38.5. The quantitative estimate of drug-likeness (QED) is 0.0464. The van der Waals surface area contributed by atoms with Gasteiger partial charge in [-0.1, -0.05) is 60.6 Å². The maximum Gasteiger partial charge on any atom is 0.407 e. The topological polar surface area (TPSA) is 148 Å². The number of benzene rings is 1. The van der Waals surface area contributed by atoms with E-state index in [0.717, 1.165) is 12.8 Å². The van der Waals surface area contributed by atoms with Gasteiger partial charge in [-0.3, -0.25) is 19.9 Å². The van der Waals surface area contributed by atoms with Gasteiger partial charge in [0.1, 0.15) is 17.6 Å². The molecule has 5 atom stereocenters. The molecule has 5 amide bonds. The number of carbonyl (C=O) groups excluding carboxylic acids is 4. The lowest BCUT2D eigenvalue weighted by atomic mass is 9.67. The Labute approximate surface area is 340 Å². The van der Waals surface area contributed by atoms with Crippen LogP contribution in [0.5, 0.6) is 5.75 Å². The number of alkyl carbamates (subject to hydrolysis) is 1. The van der Waals surface area contributed by atoms with Gasteiger partial charge < -0.3 is 29.3 Å². The lowest BCUT2D eigenvalue weighted by Crippen LogP contribution is -2.54. The predicted molar refractivity (Wildman–Crippen MR) is 224 cm³/mol. The SMILES string of the molecule is CCN(C(=O)NN(C)C)C(=O)C(CC(C(CC(C(C)C)C(NC(=O)c1ccccc1OCCCCOC)O[Si](C)C)NC(=O)OC(C)(C)C)C(C)(C)C)C(C)C. The van der Waals surface area contributed by atoms with Crippen LogP contribution in [-0.2, 0) is 18.7 Å². The van der Waals surface area contributed by atoms with Crippen molar-refractivity contribution in [1.82, 2.24) is 26.0 Å². The van der Waals surface area contributed by atoms with Crippen LogP contribution < -0.4 is 20.8 Å². The van der Waals surface area contributed by atoms with Gasteiger partial charge in [-0.15, -0.1) is 0 Å². The molecule has 0 bridgehead atoms. The molecule has 321 valence electrons. The lowest BCUT2D eigenvalue weighted by Gasteiger charge is -2.43. The molecule has 13 nitrogen and oxygen atoms in total. The van der Waals surface area contributed by atoms with Crippen molar-refractivity contribution < 1.29 is 37.8 Å². The molecule has 1 aromatic carbocycles. The van der Waals surface area contributed by atoms with Gasteiger partial charge in [-0.2, -0.15) is 0 Å². The summed E-state index contributed by atoms with van der Waals surface area (Å²) in [4.78, 5) is 56.4. The minimum Gasteiger partial charge on any atom is -0.493 e. The highest BCUT2D eigenvalue weighted by Gasteiger charge is 2.42. The molecule has 3 N–H and O–H groups in total. The number of unbranched alkanes of at least 4 members (excludes halogenated alkanes) is 1. The van der Waals surface area contributed by atoms with E-state index in [9.17, 15) is 19.2 Å². The van der Waals surface area contributed by atoms with Crippen molar-refractivity contribution in [1.29, 1.82) is 0 Å². The van der Waals surface area contributed by atoms with Crippen molar-refractivity contribution in [2.24, 2.45) is 35.0 Å². The Bertz CT molecular complexity index is 1360. The predicted octanol–water partition coefficient (Wildman–Crippen LogP) is 7.73. The molecule has 0 fully saturated rings. The van der Waals surface area contributed by atoms with Crippen LogP contribution in [0.1, 0.15) is 112 Å². The summed E-state index contributed by atoms with van der Waals surface area (Å²) in [6, 6.07) is 6.19. The molecule has 0 saturated carbocycles. The molecule has 0 saturated heterocycles. The first-order chi connectivity index (χ1) is 25.9. The van der Waals surface area contributed by atoms with Crippen LogP contribution in [0, 0.1) is 35.0 Å². The van der Waals surface area contributed by atoms with Crippen LogP contribution in [-0.4, -0.2) is 102 Å². The highest BCUT2D eigenvalue weighted by atomic mass is 28.3. The van der Waals surface area contributed by atoms with E-state index in [0.29, 0.717) is 37.4 Å². The average molecular weight is 807 g/mol. The van der Waals surface area contributed by atoms with Gasteiger partial charge in [-0.25, -0.2) is 14.6 Å². The van der Waals surface area contributed by atoms with Gasteiger partial charge in [0.25, 0.3) is 5.91 Å². The number of rotatable bonds is 22. The molecular formula is C42H76N5O8Si. The van der Waals surface area contributed by atoms with E-state index >= 15 is 0 Å². The lowest BCUT2D eigenvalue weighted by molar-refractivity contribution is -0.135. The van der Waals surface area contributed by atoms with E-state index in [1.807, 2.05) is 59.8 Å². The number of methoxy groups -OCH3 is 1. The second-order valence-electron chi connectivity index (χ2n) is 17.8. The molecule has 1 rings (SSSR count). The number of nitrogens with zero attached hydrogens (tertiary/aromatic N) is 2. The zero-order valence-electron chi connectivity index (χ0n) is 37.5. The Morgan fingerprint density at radius 1 is 0.857 bits per heavy atom. The Hall–Kier alpha value is -3.20. The Kier molecular flexibility index (Phi) is 21.7. The van der Waals surface area contributed by atoms with Crippen molar-refractivity contribution in [2.75, 3.05) is 41.0 Å². The standard InChI is InChI=1S/C42H76N5O8Si/c1-17-47(39(50)45-46(12)13)38(49)32(29(4)5)26-33(41(6,7)8)34(43-40(51)54-42(9,10)11)27-31(28(2)3)37(55-56(15)16)44-36(48)30-22-18-19-23-35(30)53-25-21-20-24-52-14/h18-19,22-23,28-29,31-34,37H,17,20-21,24-27H2,1-16H3,(H,43,51)(H,44,48)(H,45,50). The summed E-state index contributed by atoms with van der Waals surface area (Å²) >= 11 is 0. The van der Waals surface area contributed by atoms with Crippen molar-refractivity contribution in [2.45, 2.75) is 133 Å². The van der Waals surface area contributed by atoms with Gasteiger partial charge in [0.2, 0.25) is 14.9 Å². The maximum absolute atomic E-state index is 14.2. The van der Waals surface area contributed by atoms with Crippen LogP contribution in [0.25, 0.3) is 0 Å². The number of hydrogen-bond acceptors (Lipinski definition) is 9. The fraction of sp³-hybridized carbons (Fsp3) is 0.762. The second-order valence-corrected chi connectivity index (χ2v) is 19.9. The third-order valence-corrected chi connectivity index (χ3v) is 10.3. The average Bonchev–Trinajstić information content (AvgIpc) is 3.04. The van der Waals surface area contributed by atoms with Crippen LogP contribution in [0.4, 0.5) is 9.59 Å². The smallest absolute Gasteiger partial charge is 0.407 e. The molecule has 56 heavy (non-hydrogen) atoms. The summed E-state index contributed by atoms with van der Waals surface area (Å²) in [6.07, 6.45) is 1.16. The number of hydrazine groups is 1. The second kappa shape index (κ2) is 23.9. The first kappa shape index (κ1) is 50.8. The number of para-hydroxylation sites is 1. The molecule has 14 heteroatoms. The highest BCUT2D eigenvalue weighted by Crippen LogP contribution is 2.40. The zero-order chi connectivity index (χ0) is 43.0. The summed E-state index contributed by atoms with van der Waals surface area (Å²) in [7, 11) is 3.73. The monoisotopic (exact) mass is 807 g/mol. The fourth-order valence-electron chi connectivity index (χ4n) is 6.72. The number of urea groups is 1. The first-order valence-electron chi connectivity index (χ1n) is 20.2. The van der Waals surface area contributed by atoms with E-state index in [2.05, 4.69) is 50.7 Å². The summed E-state index contributed by atoms with van der Waals surface area (Å²) in [5, 5.41) is 7.94. The van der Waals surface area contributed by atoms with Crippen molar-refractivity contribution in [3.8, 4) is 5.75 Å². The Morgan fingerprint density at radius 2 is 1.46 bits per heavy atom. The number of imide groups is 1. The molecule has 0 aliphatic heterocycles. The van der Waals surface area contributed by atoms with E-state index in [1.165, 1.54) is 9.91 Å². The third-order valence-electron chi connectivity index (χ3n) is 9.62. The van der Waals surface area contributed by atoms with E-state index in [-0.39, 0.29) is 42.0 Å². The molecule has 1 radical (unpaired) electrons. The van der Waals surface area contributed by atoms with Crippen molar-refractivity contribution >= 4 is 33.0 Å². The normalized spacial score (nSPS) is 14.9. The number of ether oxygens (including phenoxy) is 3. The van der Waals surface area contributed by atoms with E-state index in [4.69, 9.17) is 18.6 Å². The summed E-state index contributed by atoms with van der Waals surface area (Å²) in [5.41, 5.74) is 1.95. The molecule has 5 unspecified atom stereocenters. The Balaban J connectivity index is 3.74. The summed E-state index contributed by atoms with van der Waals surface area (Å²) < 4.78 is 23.6. The minimum atomic E-state index is -1.33. The Morgan fingerprint density at radius 3 is 1.96 bits per heavy atom. The van der Waals surface area contributed by atoms with E-state index < -0.39 is 50.4 Å². The molecule has 0 heterocycles. The van der Waals surface area contributed by atoms with Gasteiger partial charge in [0.15, 0.2) is 0 Å². The molecular weight excluding hydrogens is 731 g/mol. The highest BCUT2D eigenvalue weighted by molar-refractivity contribution is 6.48. The van der Waals surface area contributed by atoms with Crippen molar-refractivity contribution in [3.05, 3.63) is 29.8 Å². The fourth-order valence-corrected chi connectivity index (χ4v) is 7.46. The largest absolute Gasteiger partial charge is 0.493 e. The number of amides is 5. The molecule has 0 aromatic heterocycles. The van der Waals surface area contributed by atoms with Gasteiger partial charge >= 0.3 is 12.1 Å². The van der Waals surface area contributed by atoms with E-state index in [1.54, 1.807) is 40.3 Å². The maximum atomic E-state index is 14.2. The summed E-state index contributed by atoms with van der Waals surface area (Å²) in [5.74, 6) is -1.28. The minimum absolute atomic E-state index is 0.00493. The molecule has 0 spiro atoms. The van der Waals surface area contributed by atoms with Gasteiger partial charge in [-0.05, 0) is 102 Å². The van der Waals surface area contributed by atoms with Crippen LogP contribution in [0.15, 0.2) is 24.3 Å². The van der Waals surface area contributed by atoms with Crippen LogP contribution in [0.3, 0.4) is 0 Å².